The molecule has 0 rings (SSSR count). The number of hydrogen-bond acceptors (Lipinski definition) is 6. The first kappa shape index (κ1) is 34.6. The maximum atomic E-state index is 6.24. The van der Waals surface area contributed by atoms with Crippen molar-refractivity contribution in [2.45, 2.75) is 111 Å². The van der Waals surface area contributed by atoms with Gasteiger partial charge < -0.3 is 23.7 Å². The van der Waals surface area contributed by atoms with E-state index in [0.29, 0.717) is 17.2 Å². The van der Waals surface area contributed by atoms with E-state index in [1.807, 2.05) is 0 Å². The van der Waals surface area contributed by atoms with Gasteiger partial charge in [0.2, 0.25) is 0 Å². The molecule has 6 nitrogen and oxygen atoms in total. The molecule has 206 valence electrons. The lowest BCUT2D eigenvalue weighted by Gasteiger charge is -2.36. The van der Waals surface area contributed by atoms with E-state index in [2.05, 4.69) is 60.3 Å². The third-order valence-corrected chi connectivity index (χ3v) is 8.91. The zero-order valence-electron chi connectivity index (χ0n) is 23.7. The maximum Gasteiger partial charge on any atom is 0.183 e. The van der Waals surface area contributed by atoms with Crippen LogP contribution < -0.4 is 0 Å². The number of nitrogens with zero attached hydrogens (tertiary/aromatic N) is 1. The van der Waals surface area contributed by atoms with Crippen LogP contribution in [-0.4, -0.2) is 80.6 Å². The van der Waals surface area contributed by atoms with Gasteiger partial charge in [0, 0.05) is 32.5 Å². The second-order valence-electron chi connectivity index (χ2n) is 8.55. The summed E-state index contributed by atoms with van der Waals surface area (Å²) in [5.74, 6) is 0. The van der Waals surface area contributed by atoms with Crippen LogP contribution in [0.5, 0.6) is 0 Å². The molecule has 0 bridgehead atoms. The summed E-state index contributed by atoms with van der Waals surface area (Å²) >= 11 is 0. The Morgan fingerprint density at radius 2 is 0.971 bits per heavy atom. The summed E-state index contributed by atoms with van der Waals surface area (Å²) in [6, 6.07) is 0. The van der Waals surface area contributed by atoms with Crippen molar-refractivity contribution in [2.75, 3.05) is 58.4 Å². The lowest BCUT2D eigenvalue weighted by atomic mass is 10.4. The van der Waals surface area contributed by atoms with E-state index in [1.165, 1.54) is 0 Å². The van der Waals surface area contributed by atoms with E-state index in [0.717, 1.165) is 97.0 Å². The van der Waals surface area contributed by atoms with Crippen LogP contribution in [0.4, 0.5) is 0 Å². The summed E-state index contributed by atoms with van der Waals surface area (Å²) in [4.78, 5) is 2.46. The Morgan fingerprint density at radius 1 is 0.618 bits per heavy atom. The van der Waals surface area contributed by atoms with Crippen LogP contribution in [0, 0.1) is 0 Å². The highest BCUT2D eigenvalue weighted by molar-refractivity contribution is 7.39. The van der Waals surface area contributed by atoms with Crippen molar-refractivity contribution in [3.8, 4) is 0 Å². The molecule has 0 saturated heterocycles. The normalized spacial score (nSPS) is 14.4. The van der Waals surface area contributed by atoms with E-state index in [-0.39, 0.29) is 6.23 Å². The van der Waals surface area contributed by atoms with Gasteiger partial charge in [-0.2, -0.15) is 0 Å². The molecule has 8 heteroatoms. The number of rotatable bonds is 25. The molecule has 3 atom stereocenters. The van der Waals surface area contributed by atoms with E-state index < -0.39 is 11.1 Å². The highest BCUT2D eigenvalue weighted by Crippen LogP contribution is 2.39. The molecule has 0 aliphatic carbocycles. The van der Waals surface area contributed by atoms with Crippen LogP contribution in [0.15, 0.2) is 0 Å². The fraction of sp³-hybridized carbons (Fsp3) is 1.00. The Morgan fingerprint density at radius 3 is 1.24 bits per heavy atom. The summed E-state index contributed by atoms with van der Waals surface area (Å²) < 4.78 is 31.0. The molecule has 0 radical (unpaired) electrons. The zero-order valence-corrected chi connectivity index (χ0v) is 25.7. The van der Waals surface area contributed by atoms with E-state index >= 15 is 0 Å². The van der Waals surface area contributed by atoms with Gasteiger partial charge in [0.05, 0.1) is 26.4 Å². The lowest BCUT2D eigenvalue weighted by molar-refractivity contribution is -0.175. The quantitative estimate of drug-likeness (QED) is 0.0959. The van der Waals surface area contributed by atoms with Crippen LogP contribution in [0.25, 0.3) is 0 Å². The first-order chi connectivity index (χ1) is 16.4. The predicted molar refractivity (Wildman–Crippen MR) is 150 cm³/mol. The molecule has 0 amide bonds. The van der Waals surface area contributed by atoms with E-state index in [4.69, 9.17) is 23.7 Å². The van der Waals surface area contributed by atoms with E-state index in [1.54, 1.807) is 0 Å². The molecular formula is C26H57NO5P2. The average Bonchev–Trinajstić information content (AvgIpc) is 2.86. The second kappa shape index (κ2) is 21.7. The lowest BCUT2D eigenvalue weighted by Crippen LogP contribution is -2.40. The first-order valence-corrected chi connectivity index (χ1v) is 16.2. The van der Waals surface area contributed by atoms with Crippen LogP contribution in [0.1, 0.15) is 93.9 Å². The SMILES string of the molecule is CCCOC(CC)(OCCC)PCCN(CCPC(CC)(OCCC)OCCC)C(C)OCC. The molecule has 34 heavy (non-hydrogen) atoms. The molecule has 0 spiro atoms. The fourth-order valence-electron chi connectivity index (χ4n) is 3.62. The fourth-order valence-corrected chi connectivity index (χ4v) is 6.49. The third-order valence-electron chi connectivity index (χ3n) is 5.60. The summed E-state index contributed by atoms with van der Waals surface area (Å²) in [5, 5.41) is 0. The van der Waals surface area contributed by atoms with Gasteiger partial charge in [0.25, 0.3) is 0 Å². The summed E-state index contributed by atoms with van der Waals surface area (Å²) in [6.45, 7) is 22.9. The van der Waals surface area contributed by atoms with Crippen LogP contribution >= 0.6 is 17.2 Å². The first-order valence-electron chi connectivity index (χ1n) is 13.8. The minimum Gasteiger partial charge on any atom is -0.364 e. The molecule has 3 unspecified atom stereocenters. The van der Waals surface area contributed by atoms with Crippen molar-refractivity contribution in [1.82, 2.24) is 4.90 Å². The molecule has 0 aliphatic heterocycles. The van der Waals surface area contributed by atoms with Gasteiger partial charge in [-0.3, -0.25) is 4.90 Å². The smallest absolute Gasteiger partial charge is 0.183 e. The van der Waals surface area contributed by atoms with Gasteiger partial charge in [-0.1, -0.05) is 58.7 Å². The van der Waals surface area contributed by atoms with Crippen molar-refractivity contribution in [3.05, 3.63) is 0 Å². The van der Waals surface area contributed by atoms with Crippen molar-refractivity contribution in [1.29, 1.82) is 0 Å². The summed E-state index contributed by atoms with van der Waals surface area (Å²) in [7, 11) is 1.21. The predicted octanol–water partition coefficient (Wildman–Crippen LogP) is 6.86. The molecule has 0 aromatic carbocycles. The highest BCUT2D eigenvalue weighted by Gasteiger charge is 2.31. The standard InChI is InChI=1S/C26H57NO5P2/c1-9-18-29-25(13-5,30-19-10-2)33-22-16-27(24(8)28-15-7)17-23-34-26(14-6,31-20-11-3)32-21-12-4/h24,33-34H,9-23H2,1-8H3. The Hall–Kier alpha value is 0.620. The molecule has 0 saturated carbocycles. The van der Waals surface area contributed by atoms with Crippen molar-refractivity contribution < 1.29 is 23.7 Å². The van der Waals surface area contributed by atoms with Crippen molar-refractivity contribution in [2.24, 2.45) is 0 Å². The monoisotopic (exact) mass is 525 g/mol. The van der Waals surface area contributed by atoms with Crippen molar-refractivity contribution in [3.63, 3.8) is 0 Å². The van der Waals surface area contributed by atoms with Gasteiger partial charge in [-0.15, -0.1) is 0 Å². The topological polar surface area (TPSA) is 49.4 Å². The minimum absolute atomic E-state index is 0.0906. The molecular weight excluding hydrogens is 468 g/mol. The molecule has 0 aromatic heterocycles. The van der Waals surface area contributed by atoms with Gasteiger partial charge in [0.1, 0.15) is 6.23 Å². The molecule has 0 fully saturated rings. The highest BCUT2D eigenvalue weighted by atomic mass is 31.1. The number of hydrogen-bond donors (Lipinski definition) is 0. The summed E-state index contributed by atoms with van der Waals surface area (Å²) in [5.41, 5.74) is -0.874. The molecule has 0 N–H and O–H groups in total. The van der Waals surface area contributed by atoms with Gasteiger partial charge >= 0.3 is 0 Å². The zero-order chi connectivity index (χ0) is 25.7. The largest absolute Gasteiger partial charge is 0.364 e. The van der Waals surface area contributed by atoms with Crippen LogP contribution in [0.3, 0.4) is 0 Å². The van der Waals surface area contributed by atoms with Gasteiger partial charge in [-0.05, 0) is 51.9 Å². The van der Waals surface area contributed by atoms with Crippen LogP contribution in [0.2, 0.25) is 0 Å². The molecule has 0 aromatic rings. The van der Waals surface area contributed by atoms with Crippen molar-refractivity contribution >= 4 is 17.2 Å². The number of ether oxygens (including phenoxy) is 5. The van der Waals surface area contributed by atoms with Gasteiger partial charge in [0.15, 0.2) is 11.1 Å². The second-order valence-corrected chi connectivity index (χ2v) is 11.8. The Bertz CT molecular complexity index is 409. The Balaban J connectivity index is 5.08. The Kier molecular flexibility index (Phi) is 22.1. The summed E-state index contributed by atoms with van der Waals surface area (Å²) in [6.07, 6.45) is 7.98. The van der Waals surface area contributed by atoms with Crippen LogP contribution in [-0.2, 0) is 23.7 Å². The van der Waals surface area contributed by atoms with E-state index in [9.17, 15) is 0 Å². The Labute approximate surface area is 215 Å². The van der Waals surface area contributed by atoms with Gasteiger partial charge in [-0.25, -0.2) is 0 Å². The molecule has 0 heterocycles. The third kappa shape index (κ3) is 14.4. The molecule has 0 aliphatic rings. The minimum atomic E-state index is -0.437. The maximum absolute atomic E-state index is 6.24. The average molecular weight is 526 g/mol.